The van der Waals surface area contributed by atoms with Gasteiger partial charge >= 0.3 is 12.1 Å². The minimum Gasteiger partial charge on any atom is -0.508 e. The van der Waals surface area contributed by atoms with Crippen LogP contribution in [-0.4, -0.2) is 11.1 Å². The van der Waals surface area contributed by atoms with Crippen LogP contribution in [-0.2, 0) is 11.0 Å². The highest BCUT2D eigenvalue weighted by atomic mass is 19.4. The maximum Gasteiger partial charge on any atom is 0.416 e. The number of rotatable bonds is 6. The molecule has 0 bridgehead atoms. The Morgan fingerprint density at radius 3 is 2.24 bits per heavy atom. The van der Waals surface area contributed by atoms with Gasteiger partial charge in [-0.2, -0.15) is 13.2 Å². The fourth-order valence-electron chi connectivity index (χ4n) is 3.27. The van der Waals surface area contributed by atoms with Crippen LogP contribution >= 0.6 is 0 Å². The average Bonchev–Trinajstić information content (AvgIpc) is 2.72. The van der Waals surface area contributed by atoms with Gasteiger partial charge in [-0.3, -0.25) is 0 Å². The fourth-order valence-corrected chi connectivity index (χ4v) is 3.27. The first kappa shape index (κ1) is 26.7. The molecule has 0 amide bonds. The molecule has 34 heavy (non-hydrogen) atoms. The highest BCUT2D eigenvalue weighted by molar-refractivity contribution is 5.85. The first-order chi connectivity index (χ1) is 15.8. The van der Waals surface area contributed by atoms with E-state index >= 15 is 0 Å². The smallest absolute Gasteiger partial charge is 0.416 e. The van der Waals surface area contributed by atoms with Crippen LogP contribution in [0.5, 0.6) is 11.5 Å². The Labute approximate surface area is 198 Å². The number of hydrogen-bond acceptors (Lipinski definition) is 3. The Hall–Kier alpha value is -3.54. The van der Waals surface area contributed by atoms with Crippen LogP contribution < -0.4 is 4.74 Å². The molecule has 2 aromatic carbocycles. The third-order valence-electron chi connectivity index (χ3n) is 5.42. The maximum atomic E-state index is 12.8. The summed E-state index contributed by atoms with van der Waals surface area (Å²) in [7, 11) is 0. The molecule has 3 nitrogen and oxygen atoms in total. The SMILES string of the molecule is CC(/C=C/c1c(C)cc(O)c(C)c1C)=C\C=C\C(C)=C\C(=O)Oc1ccc(C(F)(F)F)cc1C. The molecule has 0 saturated heterocycles. The van der Waals surface area contributed by atoms with Crippen LogP contribution in [0.25, 0.3) is 6.08 Å². The van der Waals surface area contributed by atoms with Crippen molar-refractivity contribution in [3.8, 4) is 11.5 Å². The molecule has 0 radical (unpaired) electrons. The van der Waals surface area contributed by atoms with Gasteiger partial charge in [0.05, 0.1) is 5.56 Å². The minimum atomic E-state index is -4.45. The predicted molar refractivity (Wildman–Crippen MR) is 130 cm³/mol. The standard InChI is InChI=1S/C28H29F3O3/c1-17(10-12-24-19(3)16-25(32)22(6)21(24)5)8-7-9-18(2)14-27(33)34-26-13-11-23(15-20(26)4)28(29,30)31/h7-16,32H,1-6H3/b9-7+,12-10+,17-8+,18-14+. The number of benzene rings is 2. The van der Waals surface area contributed by atoms with E-state index in [-0.39, 0.29) is 17.1 Å². The first-order valence-corrected chi connectivity index (χ1v) is 10.7. The van der Waals surface area contributed by atoms with Crippen LogP contribution in [0.2, 0.25) is 0 Å². The van der Waals surface area contributed by atoms with E-state index < -0.39 is 17.7 Å². The molecule has 0 aliphatic carbocycles. The van der Waals surface area contributed by atoms with Gasteiger partial charge in [0, 0.05) is 6.08 Å². The van der Waals surface area contributed by atoms with Crippen molar-refractivity contribution < 1.29 is 27.8 Å². The number of hydrogen-bond donors (Lipinski definition) is 1. The van der Waals surface area contributed by atoms with E-state index in [9.17, 15) is 23.1 Å². The van der Waals surface area contributed by atoms with E-state index in [1.54, 1.807) is 25.1 Å². The second-order valence-electron chi connectivity index (χ2n) is 8.27. The molecule has 180 valence electrons. The maximum absolute atomic E-state index is 12.8. The van der Waals surface area contributed by atoms with E-state index in [1.807, 2.05) is 45.9 Å². The molecule has 0 unspecified atom stereocenters. The zero-order valence-corrected chi connectivity index (χ0v) is 20.2. The number of aryl methyl sites for hydroxylation is 2. The van der Waals surface area contributed by atoms with Crippen molar-refractivity contribution in [1.29, 1.82) is 0 Å². The molecule has 0 spiro atoms. The molecule has 2 aromatic rings. The number of aromatic hydroxyl groups is 1. The molecule has 2 rings (SSSR count). The van der Waals surface area contributed by atoms with Gasteiger partial charge < -0.3 is 9.84 Å². The number of alkyl halides is 3. The second kappa shape index (κ2) is 11.1. The summed E-state index contributed by atoms with van der Waals surface area (Å²) >= 11 is 0. The van der Waals surface area contributed by atoms with Crippen molar-refractivity contribution in [1.82, 2.24) is 0 Å². The third kappa shape index (κ3) is 7.24. The Balaban J connectivity index is 2.04. The zero-order chi connectivity index (χ0) is 25.6. The summed E-state index contributed by atoms with van der Waals surface area (Å²) in [6.07, 6.45) is 6.22. The van der Waals surface area contributed by atoms with Crippen LogP contribution in [0, 0.1) is 27.7 Å². The van der Waals surface area contributed by atoms with Crippen molar-refractivity contribution >= 4 is 12.0 Å². The lowest BCUT2D eigenvalue weighted by atomic mass is 9.96. The van der Waals surface area contributed by atoms with Crippen LogP contribution in [0.15, 0.2) is 65.8 Å². The van der Waals surface area contributed by atoms with Gasteiger partial charge in [0.1, 0.15) is 11.5 Å². The van der Waals surface area contributed by atoms with E-state index in [0.29, 0.717) is 5.57 Å². The minimum absolute atomic E-state index is 0.0851. The third-order valence-corrected chi connectivity index (χ3v) is 5.42. The molecule has 0 heterocycles. The Kier molecular flexibility index (Phi) is 8.68. The summed E-state index contributed by atoms with van der Waals surface area (Å²) in [5.74, 6) is -0.294. The van der Waals surface area contributed by atoms with E-state index in [4.69, 9.17) is 4.74 Å². The van der Waals surface area contributed by atoms with Crippen molar-refractivity contribution in [2.24, 2.45) is 0 Å². The van der Waals surface area contributed by atoms with Gasteiger partial charge in [0.25, 0.3) is 0 Å². The van der Waals surface area contributed by atoms with Crippen molar-refractivity contribution in [3.63, 3.8) is 0 Å². The molecule has 0 aliphatic heterocycles. The molecule has 0 fully saturated rings. The van der Waals surface area contributed by atoms with Gasteiger partial charge in [-0.1, -0.05) is 36.0 Å². The van der Waals surface area contributed by atoms with Gasteiger partial charge in [0.2, 0.25) is 0 Å². The molecule has 1 N–H and O–H groups in total. The summed E-state index contributed by atoms with van der Waals surface area (Å²) in [6, 6.07) is 4.73. The number of allylic oxidation sites excluding steroid dienone is 6. The predicted octanol–water partition coefficient (Wildman–Crippen LogP) is 7.71. The highest BCUT2D eigenvalue weighted by Gasteiger charge is 2.30. The molecule has 0 saturated carbocycles. The van der Waals surface area contributed by atoms with Crippen LogP contribution in [0.3, 0.4) is 0 Å². The lowest BCUT2D eigenvalue weighted by molar-refractivity contribution is -0.137. The number of phenolic OH excluding ortho intramolecular Hbond substituents is 1. The summed E-state index contributed by atoms with van der Waals surface area (Å²) in [6.45, 7) is 10.9. The summed E-state index contributed by atoms with van der Waals surface area (Å²) in [5.41, 5.74) is 4.97. The topological polar surface area (TPSA) is 46.5 Å². The number of halogens is 3. The molecular weight excluding hydrogens is 441 g/mol. The summed E-state index contributed by atoms with van der Waals surface area (Å²) in [5, 5.41) is 9.93. The van der Waals surface area contributed by atoms with Crippen molar-refractivity contribution in [2.45, 2.75) is 47.7 Å². The quantitative estimate of drug-likeness (QED) is 0.204. The number of phenols is 1. The first-order valence-electron chi connectivity index (χ1n) is 10.7. The molecule has 0 aromatic heterocycles. The summed E-state index contributed by atoms with van der Waals surface area (Å²) in [4.78, 5) is 12.1. The number of ether oxygens (including phenoxy) is 1. The lowest BCUT2D eigenvalue weighted by Crippen LogP contribution is -2.08. The van der Waals surface area contributed by atoms with Gasteiger partial charge in [-0.15, -0.1) is 0 Å². The summed E-state index contributed by atoms with van der Waals surface area (Å²) < 4.78 is 43.5. The van der Waals surface area contributed by atoms with Crippen molar-refractivity contribution in [3.05, 3.63) is 99.2 Å². The van der Waals surface area contributed by atoms with Gasteiger partial charge in [-0.25, -0.2) is 4.79 Å². The Bertz CT molecular complexity index is 1200. The Morgan fingerprint density at radius 1 is 0.941 bits per heavy atom. The molecule has 0 aliphatic rings. The fraction of sp³-hybridized carbons (Fsp3) is 0.250. The second-order valence-corrected chi connectivity index (χ2v) is 8.27. The number of carbonyl (C=O) groups excluding carboxylic acids is 1. The molecule has 0 atom stereocenters. The lowest BCUT2D eigenvalue weighted by Gasteiger charge is -2.10. The normalized spacial score (nSPS) is 13.2. The Morgan fingerprint density at radius 2 is 1.62 bits per heavy atom. The number of esters is 1. The largest absolute Gasteiger partial charge is 0.508 e. The van der Waals surface area contributed by atoms with E-state index in [2.05, 4.69) is 0 Å². The average molecular weight is 471 g/mol. The van der Waals surface area contributed by atoms with E-state index in [1.165, 1.54) is 13.0 Å². The van der Waals surface area contributed by atoms with Gasteiger partial charge in [0.15, 0.2) is 0 Å². The molecule has 6 heteroatoms. The van der Waals surface area contributed by atoms with Gasteiger partial charge in [-0.05, 0) is 99.2 Å². The zero-order valence-electron chi connectivity index (χ0n) is 20.2. The van der Waals surface area contributed by atoms with Crippen molar-refractivity contribution in [2.75, 3.05) is 0 Å². The number of carbonyl (C=O) groups is 1. The van der Waals surface area contributed by atoms with Crippen LogP contribution in [0.1, 0.15) is 47.2 Å². The van der Waals surface area contributed by atoms with E-state index in [0.717, 1.165) is 46.0 Å². The highest BCUT2D eigenvalue weighted by Crippen LogP contribution is 2.32. The van der Waals surface area contributed by atoms with Crippen LogP contribution in [0.4, 0.5) is 13.2 Å². The molecular formula is C28H29F3O3. The monoisotopic (exact) mass is 470 g/mol.